The molecule has 0 N–H and O–H groups in total. The topological polar surface area (TPSA) is 46.6 Å². The van der Waals surface area contributed by atoms with Crippen molar-refractivity contribution in [3.05, 3.63) is 69.3 Å². The Morgan fingerprint density at radius 3 is 2.31 bits per heavy atom. The van der Waals surface area contributed by atoms with Gasteiger partial charge in [-0.15, -0.1) is 0 Å². The highest BCUT2D eigenvalue weighted by atomic mass is 127. The van der Waals surface area contributed by atoms with Crippen LogP contribution in [0.15, 0.2) is 54.6 Å². The average molecular weight is 614 g/mol. The van der Waals surface area contributed by atoms with Gasteiger partial charge in [0.05, 0.1) is 10.7 Å². The number of carbonyl (C=O) groups excluding carboxylic acids is 2. The van der Waals surface area contributed by atoms with Gasteiger partial charge < -0.3 is 9.64 Å². The number of amides is 1. The first-order chi connectivity index (χ1) is 15.1. The van der Waals surface area contributed by atoms with Crippen molar-refractivity contribution in [2.24, 2.45) is 5.41 Å². The molecule has 4 nitrogen and oxygen atoms in total. The van der Waals surface area contributed by atoms with Crippen molar-refractivity contribution in [3.8, 4) is 0 Å². The van der Waals surface area contributed by atoms with Gasteiger partial charge >= 0.3 is 6.09 Å². The smallest absolute Gasteiger partial charge is 0.409 e. The molecule has 0 heterocycles. The van der Waals surface area contributed by atoms with Crippen molar-refractivity contribution in [1.29, 1.82) is 0 Å². The Kier molecular flexibility index (Phi) is 10.2. The van der Waals surface area contributed by atoms with E-state index in [4.69, 9.17) is 4.74 Å². The van der Waals surface area contributed by atoms with Crippen molar-refractivity contribution in [3.63, 3.8) is 0 Å². The number of halogens is 2. The number of ketones is 1. The summed E-state index contributed by atoms with van der Waals surface area (Å²) in [6, 6.07) is 17.9. The molecule has 2 aromatic carbocycles. The zero-order chi connectivity index (χ0) is 23.8. The summed E-state index contributed by atoms with van der Waals surface area (Å²) < 4.78 is 6.55. The highest BCUT2D eigenvalue weighted by Gasteiger charge is 2.36. The molecule has 0 radical (unpaired) electrons. The Balaban J connectivity index is 1.93. The van der Waals surface area contributed by atoms with Crippen LogP contribution in [0.3, 0.4) is 0 Å². The van der Waals surface area contributed by atoms with E-state index in [1.165, 1.54) is 0 Å². The number of Topliss-reactive ketones (excluding diaryl/α,β-unsaturated/α-hetero) is 1. The van der Waals surface area contributed by atoms with E-state index in [9.17, 15) is 9.59 Å². The van der Waals surface area contributed by atoms with E-state index in [-0.39, 0.29) is 23.9 Å². The minimum absolute atomic E-state index is 0.0240. The number of hydrogen-bond acceptors (Lipinski definition) is 3. The molecule has 0 saturated carbocycles. The van der Waals surface area contributed by atoms with Crippen LogP contribution in [-0.4, -0.2) is 35.7 Å². The number of nitrogens with zero attached hydrogens (tertiary/aromatic N) is 1. The van der Waals surface area contributed by atoms with Gasteiger partial charge in [-0.3, -0.25) is 4.79 Å². The van der Waals surface area contributed by atoms with Crippen molar-refractivity contribution in [2.45, 2.75) is 52.1 Å². The van der Waals surface area contributed by atoms with Crippen LogP contribution in [0.4, 0.5) is 4.79 Å². The molecule has 6 heteroatoms. The molecule has 0 aliphatic carbocycles. The molecule has 0 fully saturated rings. The number of carbonyl (C=O) groups is 2. The third-order valence-corrected chi connectivity index (χ3v) is 7.32. The second kappa shape index (κ2) is 12.2. The molecular formula is C26H33BrINO3. The van der Waals surface area contributed by atoms with Crippen LogP contribution >= 0.6 is 38.5 Å². The summed E-state index contributed by atoms with van der Waals surface area (Å²) in [5, 5.41) is 0.339. The number of benzene rings is 2. The lowest BCUT2D eigenvalue weighted by molar-refractivity contribution is -0.121. The average Bonchev–Trinajstić information content (AvgIpc) is 2.79. The molecule has 1 amide bonds. The minimum atomic E-state index is -0.539. The third kappa shape index (κ3) is 7.87. The Labute approximate surface area is 214 Å². The molecule has 0 aliphatic heterocycles. The molecule has 0 aliphatic rings. The molecule has 32 heavy (non-hydrogen) atoms. The van der Waals surface area contributed by atoms with Crippen molar-refractivity contribution in [1.82, 2.24) is 4.90 Å². The summed E-state index contributed by atoms with van der Waals surface area (Å²) in [4.78, 5) is 26.9. The zero-order valence-electron chi connectivity index (χ0n) is 19.4. The molecule has 174 valence electrons. The van der Waals surface area contributed by atoms with Crippen LogP contribution in [0.5, 0.6) is 0 Å². The van der Waals surface area contributed by atoms with Gasteiger partial charge in [-0.05, 0) is 77.5 Å². The van der Waals surface area contributed by atoms with Gasteiger partial charge in [0.15, 0.2) is 5.78 Å². The van der Waals surface area contributed by atoms with Gasteiger partial charge in [0.1, 0.15) is 6.61 Å². The molecular weight excluding hydrogens is 581 g/mol. The predicted molar refractivity (Wildman–Crippen MR) is 142 cm³/mol. The van der Waals surface area contributed by atoms with E-state index in [0.717, 1.165) is 34.0 Å². The Hall–Kier alpha value is -1.41. The summed E-state index contributed by atoms with van der Waals surface area (Å²) in [5.41, 5.74) is 1.47. The maximum Gasteiger partial charge on any atom is 0.409 e. The Morgan fingerprint density at radius 1 is 1.00 bits per heavy atom. The van der Waals surface area contributed by atoms with Crippen LogP contribution in [0.1, 0.15) is 51.2 Å². The van der Waals surface area contributed by atoms with Crippen LogP contribution in [-0.2, 0) is 21.6 Å². The van der Waals surface area contributed by atoms with Crippen molar-refractivity contribution < 1.29 is 14.3 Å². The molecule has 2 aromatic rings. The number of ether oxygens (including phenoxy) is 1. The summed E-state index contributed by atoms with van der Waals surface area (Å²) in [6.45, 7) is 7.32. The quantitative estimate of drug-likeness (QED) is 0.203. The van der Waals surface area contributed by atoms with Gasteiger partial charge in [-0.1, -0.05) is 72.2 Å². The summed E-state index contributed by atoms with van der Waals surface area (Å²) in [5.74, 6) is 0.192. The van der Waals surface area contributed by atoms with Crippen molar-refractivity contribution >= 4 is 50.4 Å². The zero-order valence-corrected chi connectivity index (χ0v) is 23.1. The lowest BCUT2D eigenvalue weighted by Crippen LogP contribution is -2.36. The number of hydrogen-bond donors (Lipinski definition) is 0. The first-order valence-electron chi connectivity index (χ1n) is 10.8. The molecule has 1 atom stereocenters. The maximum absolute atomic E-state index is 12.9. The number of rotatable bonds is 11. The molecule has 0 aromatic heterocycles. The van der Waals surface area contributed by atoms with E-state index in [1.807, 2.05) is 55.5 Å². The monoisotopic (exact) mass is 613 g/mol. The highest BCUT2D eigenvalue weighted by Crippen LogP contribution is 2.37. The third-order valence-electron chi connectivity index (χ3n) is 6.14. The van der Waals surface area contributed by atoms with E-state index in [1.54, 1.807) is 11.9 Å². The molecule has 1 unspecified atom stereocenters. The van der Waals surface area contributed by atoms with Crippen LogP contribution in [0.25, 0.3) is 0 Å². The first kappa shape index (κ1) is 26.8. The summed E-state index contributed by atoms with van der Waals surface area (Å²) >= 11 is 5.66. The first-order valence-corrected chi connectivity index (χ1v) is 13.0. The Bertz CT molecular complexity index is 903. The SMILES string of the molecule is CN(CCC(C)(C)CCC(C)(C(=O)CBr)c1cccc(I)c1)C(=O)OCc1ccccc1. The van der Waals surface area contributed by atoms with E-state index >= 15 is 0 Å². The van der Waals surface area contributed by atoms with E-state index in [2.05, 4.69) is 58.4 Å². The fourth-order valence-corrected chi connectivity index (χ4v) is 4.69. The van der Waals surface area contributed by atoms with Crippen LogP contribution in [0, 0.1) is 8.99 Å². The lowest BCUT2D eigenvalue weighted by Gasteiger charge is -2.34. The van der Waals surface area contributed by atoms with Gasteiger partial charge in [-0.25, -0.2) is 4.79 Å². The van der Waals surface area contributed by atoms with Gasteiger partial charge in [0, 0.05) is 17.2 Å². The van der Waals surface area contributed by atoms with E-state index in [0.29, 0.717) is 11.9 Å². The van der Waals surface area contributed by atoms with Gasteiger partial charge in [0.2, 0.25) is 0 Å². The van der Waals surface area contributed by atoms with Gasteiger partial charge in [0.25, 0.3) is 0 Å². The van der Waals surface area contributed by atoms with Gasteiger partial charge in [-0.2, -0.15) is 0 Å². The lowest BCUT2D eigenvalue weighted by atomic mass is 9.71. The molecule has 0 bridgehead atoms. The molecule has 0 saturated heterocycles. The predicted octanol–water partition coefficient (Wildman–Crippen LogP) is 6.98. The molecule has 2 rings (SSSR count). The normalized spacial score (nSPS) is 13.3. The Morgan fingerprint density at radius 2 is 1.69 bits per heavy atom. The minimum Gasteiger partial charge on any atom is -0.445 e. The van der Waals surface area contributed by atoms with Crippen LogP contribution in [0.2, 0.25) is 0 Å². The largest absolute Gasteiger partial charge is 0.445 e. The van der Waals surface area contributed by atoms with Crippen molar-refractivity contribution in [2.75, 3.05) is 18.9 Å². The summed E-state index contributed by atoms with van der Waals surface area (Å²) in [7, 11) is 1.77. The number of alkyl halides is 1. The highest BCUT2D eigenvalue weighted by molar-refractivity contribution is 14.1. The second-order valence-electron chi connectivity index (χ2n) is 9.28. The fourth-order valence-electron chi connectivity index (χ4n) is 3.53. The van der Waals surface area contributed by atoms with Crippen LogP contribution < -0.4 is 0 Å². The fraction of sp³-hybridized carbons (Fsp3) is 0.462. The standard InChI is InChI=1S/C26H33BrINO3/c1-25(2,15-16-29(4)24(31)32-19-20-9-6-5-7-10-20)13-14-26(3,23(30)18-27)21-11-8-12-22(28)17-21/h5-12,17H,13-16,18-19H2,1-4H3. The van der Waals surface area contributed by atoms with E-state index < -0.39 is 5.41 Å². The summed E-state index contributed by atoms with van der Waals surface area (Å²) in [6.07, 6.45) is 2.14. The maximum atomic E-state index is 12.9. The molecule has 0 spiro atoms. The second-order valence-corrected chi connectivity index (χ2v) is 11.1.